The number of carboxylic acid groups (broad SMARTS) is 1. The van der Waals surface area contributed by atoms with Crippen LogP contribution >= 0.6 is 0 Å². The Morgan fingerprint density at radius 2 is 2.32 bits per heavy atom. The average Bonchev–Trinajstić information content (AvgIpc) is 2.86. The first-order valence-electron chi connectivity index (χ1n) is 5.99. The second-order valence-electron chi connectivity index (χ2n) is 4.60. The Bertz CT molecular complexity index is 518. The minimum absolute atomic E-state index is 0.0353. The Hall–Kier alpha value is -2.15. The van der Waals surface area contributed by atoms with E-state index in [1.807, 2.05) is 4.90 Å². The van der Waals surface area contributed by atoms with Crippen molar-refractivity contribution in [2.24, 2.45) is 11.7 Å². The van der Waals surface area contributed by atoms with E-state index in [0.717, 1.165) is 19.0 Å². The summed E-state index contributed by atoms with van der Waals surface area (Å²) >= 11 is 0. The minimum Gasteiger partial charge on any atom is -0.478 e. The fourth-order valence-corrected chi connectivity index (χ4v) is 2.33. The van der Waals surface area contributed by atoms with Gasteiger partial charge in [0.05, 0.1) is 16.2 Å². The Labute approximate surface area is 109 Å². The van der Waals surface area contributed by atoms with Gasteiger partial charge in [-0.25, -0.2) is 4.79 Å². The number of nitrogens with zero attached hydrogens (tertiary/aromatic N) is 2. The quantitative estimate of drug-likeness (QED) is 0.622. The van der Waals surface area contributed by atoms with Gasteiger partial charge in [-0.05, 0) is 24.9 Å². The number of hydrogen-bond acceptors (Lipinski definition) is 5. The molecule has 0 amide bonds. The van der Waals surface area contributed by atoms with E-state index in [1.54, 1.807) is 0 Å². The predicted octanol–water partition coefficient (Wildman–Crippen LogP) is 1.08. The van der Waals surface area contributed by atoms with Gasteiger partial charge in [0, 0.05) is 25.2 Å². The molecule has 3 N–H and O–H groups in total. The molecule has 1 atom stereocenters. The Morgan fingerprint density at radius 3 is 2.84 bits per heavy atom. The van der Waals surface area contributed by atoms with Crippen molar-refractivity contribution >= 4 is 17.3 Å². The van der Waals surface area contributed by atoms with Gasteiger partial charge in [-0.1, -0.05) is 0 Å². The van der Waals surface area contributed by atoms with Crippen LogP contribution in [-0.4, -0.2) is 35.6 Å². The van der Waals surface area contributed by atoms with Crippen LogP contribution in [-0.2, 0) is 0 Å². The maximum atomic E-state index is 11.2. The summed E-state index contributed by atoms with van der Waals surface area (Å²) in [6, 6.07) is 3.94. The van der Waals surface area contributed by atoms with Crippen LogP contribution in [0.5, 0.6) is 0 Å². The lowest BCUT2D eigenvalue weighted by Gasteiger charge is -2.20. The summed E-state index contributed by atoms with van der Waals surface area (Å²) in [4.78, 5) is 23.2. The Kier molecular flexibility index (Phi) is 3.66. The van der Waals surface area contributed by atoms with Gasteiger partial charge in [0.2, 0.25) is 0 Å². The molecule has 1 aromatic carbocycles. The molecule has 0 aromatic heterocycles. The molecular weight excluding hydrogens is 250 g/mol. The summed E-state index contributed by atoms with van der Waals surface area (Å²) in [7, 11) is 0. The SMILES string of the molecule is NCC1CCN(c2ccc([N+](=O)[O-])cc2C(=O)O)C1. The number of hydrogen-bond donors (Lipinski definition) is 2. The molecule has 7 nitrogen and oxygen atoms in total. The summed E-state index contributed by atoms with van der Waals surface area (Å²) in [5.41, 5.74) is 5.88. The van der Waals surface area contributed by atoms with Crippen LogP contribution in [0.3, 0.4) is 0 Å². The monoisotopic (exact) mass is 265 g/mol. The van der Waals surface area contributed by atoms with Gasteiger partial charge in [0.25, 0.3) is 5.69 Å². The summed E-state index contributed by atoms with van der Waals surface area (Å²) in [6.45, 7) is 1.97. The van der Waals surface area contributed by atoms with Crippen molar-refractivity contribution in [3.63, 3.8) is 0 Å². The number of rotatable bonds is 4. The van der Waals surface area contributed by atoms with Crippen molar-refractivity contribution in [2.45, 2.75) is 6.42 Å². The third-order valence-corrected chi connectivity index (χ3v) is 3.38. The van der Waals surface area contributed by atoms with Crippen molar-refractivity contribution in [2.75, 3.05) is 24.5 Å². The standard InChI is InChI=1S/C12H15N3O4/c13-6-8-3-4-14(7-8)11-2-1-9(15(18)19)5-10(11)12(16)17/h1-2,5,8H,3-4,6-7,13H2,(H,16,17). The first-order valence-corrected chi connectivity index (χ1v) is 5.99. The molecule has 19 heavy (non-hydrogen) atoms. The molecule has 0 saturated carbocycles. The molecule has 1 unspecified atom stereocenters. The van der Waals surface area contributed by atoms with Crippen LogP contribution in [0.4, 0.5) is 11.4 Å². The number of benzene rings is 1. The van der Waals surface area contributed by atoms with Crippen LogP contribution in [0, 0.1) is 16.0 Å². The van der Waals surface area contributed by atoms with Gasteiger partial charge in [0.15, 0.2) is 0 Å². The lowest BCUT2D eigenvalue weighted by Crippen LogP contribution is -2.24. The summed E-state index contributed by atoms with van der Waals surface area (Å²) < 4.78 is 0. The highest BCUT2D eigenvalue weighted by atomic mass is 16.6. The number of nitro groups is 1. The molecular formula is C12H15N3O4. The van der Waals surface area contributed by atoms with E-state index < -0.39 is 10.9 Å². The summed E-state index contributed by atoms with van der Waals surface area (Å²) in [5, 5.41) is 19.9. The normalized spacial score (nSPS) is 18.6. The number of non-ortho nitro benzene ring substituents is 1. The highest BCUT2D eigenvalue weighted by Crippen LogP contribution is 2.29. The van der Waals surface area contributed by atoms with E-state index in [1.165, 1.54) is 12.1 Å². The molecule has 0 bridgehead atoms. The molecule has 7 heteroatoms. The molecule has 102 valence electrons. The van der Waals surface area contributed by atoms with Crippen molar-refractivity contribution < 1.29 is 14.8 Å². The van der Waals surface area contributed by atoms with Crippen molar-refractivity contribution in [1.82, 2.24) is 0 Å². The maximum Gasteiger partial charge on any atom is 0.338 e. The highest BCUT2D eigenvalue weighted by molar-refractivity contribution is 5.95. The number of carboxylic acids is 1. The molecule has 1 aromatic rings. The lowest BCUT2D eigenvalue weighted by atomic mass is 10.1. The fourth-order valence-electron chi connectivity index (χ4n) is 2.33. The van der Waals surface area contributed by atoms with Gasteiger partial charge in [-0.2, -0.15) is 0 Å². The van der Waals surface area contributed by atoms with Crippen LogP contribution in [0.15, 0.2) is 18.2 Å². The molecule has 1 aliphatic rings. The molecule has 1 aliphatic heterocycles. The molecule has 0 spiro atoms. The van der Waals surface area contributed by atoms with Gasteiger partial charge >= 0.3 is 5.97 Å². The maximum absolute atomic E-state index is 11.2. The van der Waals surface area contributed by atoms with E-state index >= 15 is 0 Å². The van der Waals surface area contributed by atoms with Crippen molar-refractivity contribution in [1.29, 1.82) is 0 Å². The van der Waals surface area contributed by atoms with Gasteiger partial charge in [-0.3, -0.25) is 10.1 Å². The zero-order valence-corrected chi connectivity index (χ0v) is 10.3. The topological polar surface area (TPSA) is 110 Å². The molecule has 1 heterocycles. The highest BCUT2D eigenvalue weighted by Gasteiger charge is 2.26. The van der Waals surface area contributed by atoms with E-state index in [0.29, 0.717) is 24.7 Å². The van der Waals surface area contributed by atoms with Crippen LogP contribution < -0.4 is 10.6 Å². The number of aromatic carboxylic acids is 1. The number of nitro benzene ring substituents is 1. The second-order valence-corrected chi connectivity index (χ2v) is 4.60. The zero-order valence-electron chi connectivity index (χ0n) is 10.3. The van der Waals surface area contributed by atoms with Gasteiger partial charge in [0.1, 0.15) is 0 Å². The van der Waals surface area contributed by atoms with E-state index in [2.05, 4.69) is 0 Å². The minimum atomic E-state index is -1.16. The molecule has 2 rings (SSSR count). The average molecular weight is 265 g/mol. The second kappa shape index (κ2) is 5.23. The van der Waals surface area contributed by atoms with Crippen LogP contribution in [0.1, 0.15) is 16.8 Å². The van der Waals surface area contributed by atoms with E-state index in [4.69, 9.17) is 5.73 Å². The van der Waals surface area contributed by atoms with Gasteiger partial charge < -0.3 is 15.7 Å². The first-order chi connectivity index (χ1) is 9.02. The Morgan fingerprint density at radius 1 is 1.58 bits per heavy atom. The number of nitrogens with two attached hydrogens (primary N) is 1. The summed E-state index contributed by atoms with van der Waals surface area (Å²) in [6.07, 6.45) is 0.909. The molecule has 0 radical (unpaired) electrons. The Balaban J connectivity index is 2.35. The smallest absolute Gasteiger partial charge is 0.338 e. The largest absolute Gasteiger partial charge is 0.478 e. The molecule has 1 saturated heterocycles. The third-order valence-electron chi connectivity index (χ3n) is 3.38. The third kappa shape index (κ3) is 2.65. The lowest BCUT2D eigenvalue weighted by molar-refractivity contribution is -0.384. The molecule has 0 aliphatic carbocycles. The fraction of sp³-hybridized carbons (Fsp3) is 0.417. The van der Waals surface area contributed by atoms with Crippen molar-refractivity contribution in [3.05, 3.63) is 33.9 Å². The van der Waals surface area contributed by atoms with E-state index in [-0.39, 0.29) is 11.3 Å². The predicted molar refractivity (Wildman–Crippen MR) is 69.4 cm³/mol. The number of anilines is 1. The van der Waals surface area contributed by atoms with Crippen LogP contribution in [0.2, 0.25) is 0 Å². The van der Waals surface area contributed by atoms with Gasteiger partial charge in [-0.15, -0.1) is 0 Å². The molecule has 1 fully saturated rings. The van der Waals surface area contributed by atoms with E-state index in [9.17, 15) is 20.0 Å². The van der Waals surface area contributed by atoms with Crippen LogP contribution in [0.25, 0.3) is 0 Å². The first kappa shape index (κ1) is 13.3. The summed E-state index contributed by atoms with van der Waals surface area (Å²) in [5.74, 6) is -0.813. The number of carbonyl (C=O) groups is 1. The zero-order chi connectivity index (χ0) is 14.0. The van der Waals surface area contributed by atoms with Crippen molar-refractivity contribution in [3.8, 4) is 0 Å².